The number of nitrogens with zero attached hydrogens (tertiary/aromatic N) is 2. The van der Waals surface area contributed by atoms with Crippen molar-refractivity contribution in [2.24, 2.45) is 0 Å². The molecular weight excluding hydrogens is 208 g/mol. The van der Waals surface area contributed by atoms with E-state index in [9.17, 15) is 0 Å². The lowest BCUT2D eigenvalue weighted by molar-refractivity contribution is 0.545. The second-order valence-corrected chi connectivity index (χ2v) is 4.19. The monoisotopic (exact) mass is 216 g/mol. The van der Waals surface area contributed by atoms with Crippen molar-refractivity contribution in [2.75, 3.05) is 0 Å². The lowest BCUT2D eigenvalue weighted by Gasteiger charge is -1.87. The third-order valence-electron chi connectivity index (χ3n) is 2.15. The summed E-state index contributed by atoms with van der Waals surface area (Å²) < 4.78 is 5.61. The Morgan fingerprint density at radius 1 is 1.27 bits per heavy atom. The molecule has 0 unspecified atom stereocenters. The van der Waals surface area contributed by atoms with Gasteiger partial charge in [0, 0.05) is 11.1 Å². The molecule has 0 bridgehead atoms. The molecule has 0 saturated carbocycles. The van der Waals surface area contributed by atoms with Gasteiger partial charge in [0.05, 0.1) is 11.9 Å². The van der Waals surface area contributed by atoms with Gasteiger partial charge in [-0.05, 0) is 12.1 Å². The van der Waals surface area contributed by atoms with Crippen LogP contribution in [0.5, 0.6) is 0 Å². The van der Waals surface area contributed by atoms with Crippen LogP contribution in [0.4, 0.5) is 0 Å². The van der Waals surface area contributed by atoms with Gasteiger partial charge in [0.1, 0.15) is 5.52 Å². The van der Waals surface area contributed by atoms with Crippen molar-refractivity contribution < 1.29 is 4.42 Å². The molecule has 1 aromatic carbocycles. The highest BCUT2D eigenvalue weighted by Gasteiger charge is 2.06. The van der Waals surface area contributed by atoms with Crippen molar-refractivity contribution in [1.29, 1.82) is 0 Å². The highest BCUT2D eigenvalue weighted by Crippen LogP contribution is 2.18. The molecule has 2 heterocycles. The Kier molecular flexibility index (Phi) is 1.99. The molecule has 0 aliphatic heterocycles. The number of oxazole rings is 1. The molecule has 0 aliphatic carbocycles. The van der Waals surface area contributed by atoms with E-state index in [0.717, 1.165) is 23.4 Å². The second kappa shape index (κ2) is 3.47. The largest absolute Gasteiger partial charge is 0.440 e. The van der Waals surface area contributed by atoms with Gasteiger partial charge < -0.3 is 4.42 Å². The van der Waals surface area contributed by atoms with Crippen LogP contribution in [0.25, 0.3) is 11.1 Å². The summed E-state index contributed by atoms with van der Waals surface area (Å²) in [5, 5.41) is 0. The summed E-state index contributed by atoms with van der Waals surface area (Å²) in [6.45, 7) is 0. The summed E-state index contributed by atoms with van der Waals surface area (Å²) in [5.41, 5.74) is 3.58. The summed E-state index contributed by atoms with van der Waals surface area (Å²) in [4.78, 5) is 9.59. The third kappa shape index (κ3) is 1.64. The predicted molar refractivity (Wildman–Crippen MR) is 58.9 cm³/mol. The number of fused-ring (bicyclic) bond motifs is 1. The van der Waals surface area contributed by atoms with E-state index < -0.39 is 0 Å². The van der Waals surface area contributed by atoms with Crippen LogP contribution in [0, 0.1) is 0 Å². The molecule has 0 N–H and O–H groups in total. The van der Waals surface area contributed by atoms with Crippen molar-refractivity contribution in [3.8, 4) is 0 Å². The molecule has 0 spiro atoms. The van der Waals surface area contributed by atoms with E-state index in [1.165, 1.54) is 4.88 Å². The fourth-order valence-electron chi connectivity index (χ4n) is 1.47. The predicted octanol–water partition coefficient (Wildman–Crippen LogP) is 2.88. The number of para-hydroxylation sites is 2. The zero-order chi connectivity index (χ0) is 10.1. The number of benzene rings is 1. The highest BCUT2D eigenvalue weighted by molar-refractivity contribution is 7.09. The molecule has 0 amide bonds. The maximum absolute atomic E-state index is 5.61. The van der Waals surface area contributed by atoms with Crippen LogP contribution >= 0.6 is 11.3 Å². The number of hydrogen-bond donors (Lipinski definition) is 0. The van der Waals surface area contributed by atoms with E-state index in [1.807, 2.05) is 36.0 Å². The topological polar surface area (TPSA) is 38.9 Å². The van der Waals surface area contributed by atoms with Crippen molar-refractivity contribution in [1.82, 2.24) is 9.97 Å². The minimum Gasteiger partial charge on any atom is -0.440 e. The molecule has 4 heteroatoms. The zero-order valence-electron chi connectivity index (χ0n) is 7.88. The molecule has 0 radical (unpaired) electrons. The molecule has 3 rings (SSSR count). The van der Waals surface area contributed by atoms with Crippen molar-refractivity contribution in [2.45, 2.75) is 6.42 Å². The molecule has 3 aromatic rings. The minimum absolute atomic E-state index is 0.722. The Bertz CT molecular complexity index is 538. The average molecular weight is 216 g/mol. The van der Waals surface area contributed by atoms with E-state index in [4.69, 9.17) is 4.42 Å². The van der Waals surface area contributed by atoms with Crippen molar-refractivity contribution in [3.05, 3.63) is 46.7 Å². The SMILES string of the molecule is c1ccc2oc(Cc3cncs3)nc2c1. The highest BCUT2D eigenvalue weighted by atomic mass is 32.1. The lowest BCUT2D eigenvalue weighted by Crippen LogP contribution is -1.82. The molecule has 0 atom stereocenters. The van der Waals surface area contributed by atoms with E-state index in [0.29, 0.717) is 0 Å². The zero-order valence-corrected chi connectivity index (χ0v) is 8.70. The van der Waals surface area contributed by atoms with Gasteiger partial charge in [-0.15, -0.1) is 11.3 Å². The van der Waals surface area contributed by atoms with E-state index >= 15 is 0 Å². The van der Waals surface area contributed by atoms with Crippen molar-refractivity contribution in [3.63, 3.8) is 0 Å². The third-order valence-corrected chi connectivity index (χ3v) is 2.93. The van der Waals surface area contributed by atoms with Gasteiger partial charge in [-0.1, -0.05) is 12.1 Å². The number of hydrogen-bond acceptors (Lipinski definition) is 4. The standard InChI is InChI=1S/C11H8N2OS/c1-2-4-10-9(3-1)13-11(14-10)5-8-6-12-7-15-8/h1-4,6-7H,5H2. The van der Waals surface area contributed by atoms with Crippen LogP contribution in [0.3, 0.4) is 0 Å². The van der Waals surface area contributed by atoms with Crippen LogP contribution in [0.1, 0.15) is 10.8 Å². The van der Waals surface area contributed by atoms with Gasteiger partial charge >= 0.3 is 0 Å². The van der Waals surface area contributed by atoms with Crippen LogP contribution in [0.2, 0.25) is 0 Å². The van der Waals surface area contributed by atoms with Gasteiger partial charge in [-0.3, -0.25) is 4.98 Å². The first kappa shape index (κ1) is 8.61. The Morgan fingerprint density at radius 2 is 2.20 bits per heavy atom. The Morgan fingerprint density at radius 3 is 3.00 bits per heavy atom. The normalized spacial score (nSPS) is 10.9. The van der Waals surface area contributed by atoms with Gasteiger partial charge in [-0.25, -0.2) is 4.98 Å². The molecule has 0 saturated heterocycles. The van der Waals surface area contributed by atoms with E-state index in [1.54, 1.807) is 11.3 Å². The van der Waals surface area contributed by atoms with Crippen LogP contribution < -0.4 is 0 Å². The fourth-order valence-corrected chi connectivity index (χ4v) is 2.06. The number of thiazole rings is 1. The number of rotatable bonds is 2. The molecule has 0 aliphatic rings. The fraction of sp³-hybridized carbons (Fsp3) is 0.0909. The first-order valence-electron chi connectivity index (χ1n) is 4.63. The maximum atomic E-state index is 5.61. The summed E-state index contributed by atoms with van der Waals surface area (Å²) in [6, 6.07) is 7.79. The molecule has 3 nitrogen and oxygen atoms in total. The summed E-state index contributed by atoms with van der Waals surface area (Å²) >= 11 is 1.62. The van der Waals surface area contributed by atoms with Crippen LogP contribution in [0.15, 0.2) is 40.4 Å². The van der Waals surface area contributed by atoms with Gasteiger partial charge in [0.2, 0.25) is 5.89 Å². The Labute approximate surface area is 90.4 Å². The van der Waals surface area contributed by atoms with E-state index in [-0.39, 0.29) is 0 Å². The molecular formula is C11H8N2OS. The van der Waals surface area contributed by atoms with Crippen molar-refractivity contribution >= 4 is 22.4 Å². The summed E-state index contributed by atoms with van der Waals surface area (Å²) in [5.74, 6) is 0.750. The first-order chi connectivity index (χ1) is 7.42. The molecule has 0 fully saturated rings. The van der Waals surface area contributed by atoms with Gasteiger partial charge in [-0.2, -0.15) is 0 Å². The smallest absolute Gasteiger partial charge is 0.200 e. The quantitative estimate of drug-likeness (QED) is 0.661. The Balaban J connectivity index is 1.98. The van der Waals surface area contributed by atoms with E-state index in [2.05, 4.69) is 9.97 Å². The molecule has 15 heavy (non-hydrogen) atoms. The second-order valence-electron chi connectivity index (χ2n) is 3.22. The number of aromatic nitrogens is 2. The van der Waals surface area contributed by atoms with Crippen LogP contribution in [-0.4, -0.2) is 9.97 Å². The first-order valence-corrected chi connectivity index (χ1v) is 5.51. The Hall–Kier alpha value is -1.68. The molecule has 2 aromatic heterocycles. The maximum Gasteiger partial charge on any atom is 0.200 e. The molecule has 74 valence electrons. The average Bonchev–Trinajstić information content (AvgIpc) is 2.86. The van der Waals surface area contributed by atoms with Gasteiger partial charge in [0.25, 0.3) is 0 Å². The minimum atomic E-state index is 0.722. The summed E-state index contributed by atoms with van der Waals surface area (Å²) in [7, 11) is 0. The lowest BCUT2D eigenvalue weighted by atomic mass is 10.3. The van der Waals surface area contributed by atoms with Gasteiger partial charge in [0.15, 0.2) is 5.58 Å². The van der Waals surface area contributed by atoms with Crippen LogP contribution in [-0.2, 0) is 6.42 Å². The summed E-state index contributed by atoms with van der Waals surface area (Å²) in [6.07, 6.45) is 2.57.